The van der Waals surface area contributed by atoms with E-state index in [4.69, 9.17) is 18.0 Å². The van der Waals surface area contributed by atoms with Gasteiger partial charge in [-0.05, 0) is 25.0 Å². The Hall–Kier alpha value is -1.42. The topological polar surface area (TPSA) is 43.3 Å². The highest BCUT2D eigenvalue weighted by molar-refractivity contribution is 7.80. The first-order chi connectivity index (χ1) is 7.77. The molecule has 0 aromatic carbocycles. The summed E-state index contributed by atoms with van der Waals surface area (Å²) in [5.41, 5.74) is 7.49. The Balaban J connectivity index is 2.24. The summed E-state index contributed by atoms with van der Waals surface area (Å²) in [7, 11) is 0. The van der Waals surface area contributed by atoms with Crippen molar-refractivity contribution < 1.29 is 0 Å². The van der Waals surface area contributed by atoms with Gasteiger partial charge < -0.3 is 10.1 Å². The van der Waals surface area contributed by atoms with Gasteiger partial charge in [-0.25, -0.2) is 4.98 Å². The zero-order valence-corrected chi connectivity index (χ0v) is 9.70. The number of nitrogens with zero attached hydrogens (tertiary/aromatic N) is 2. The molecule has 1 aliphatic rings. The molecule has 16 heavy (non-hydrogen) atoms. The van der Waals surface area contributed by atoms with Crippen molar-refractivity contribution in [3.05, 3.63) is 35.9 Å². The second-order valence-corrected chi connectivity index (χ2v) is 4.71. The van der Waals surface area contributed by atoms with Gasteiger partial charge in [-0.15, -0.1) is 0 Å². The SMILES string of the molecule is NC(=S)c1nc(C2CCC2)n2ccccc12. The molecular formula is C12H13N3S. The van der Waals surface area contributed by atoms with Crippen molar-refractivity contribution in [2.24, 2.45) is 5.73 Å². The first-order valence-electron chi connectivity index (χ1n) is 5.54. The van der Waals surface area contributed by atoms with Gasteiger partial charge in [0.05, 0.1) is 5.52 Å². The summed E-state index contributed by atoms with van der Waals surface area (Å²) in [4.78, 5) is 4.99. The minimum atomic E-state index is 0.384. The third-order valence-electron chi connectivity index (χ3n) is 3.28. The van der Waals surface area contributed by atoms with E-state index < -0.39 is 0 Å². The van der Waals surface area contributed by atoms with Crippen LogP contribution in [0.2, 0.25) is 0 Å². The summed E-state index contributed by atoms with van der Waals surface area (Å²) in [6, 6.07) is 6.02. The molecule has 2 heterocycles. The number of hydrogen-bond donors (Lipinski definition) is 1. The minimum absolute atomic E-state index is 0.384. The summed E-state index contributed by atoms with van der Waals surface area (Å²) in [5.74, 6) is 1.70. The van der Waals surface area contributed by atoms with Gasteiger partial charge in [0.2, 0.25) is 0 Å². The van der Waals surface area contributed by atoms with Crippen LogP contribution in [0, 0.1) is 0 Å². The van der Waals surface area contributed by atoms with Crippen LogP contribution in [0.25, 0.3) is 5.52 Å². The number of thiocarbonyl (C=S) groups is 1. The van der Waals surface area contributed by atoms with Crippen molar-refractivity contribution >= 4 is 22.7 Å². The molecule has 0 atom stereocenters. The zero-order valence-electron chi connectivity index (χ0n) is 8.89. The van der Waals surface area contributed by atoms with Crippen LogP contribution in [0.3, 0.4) is 0 Å². The molecule has 0 radical (unpaired) electrons. The van der Waals surface area contributed by atoms with E-state index in [1.165, 1.54) is 19.3 Å². The molecule has 0 amide bonds. The second-order valence-electron chi connectivity index (χ2n) is 4.27. The Morgan fingerprint density at radius 1 is 1.44 bits per heavy atom. The average Bonchev–Trinajstić information content (AvgIpc) is 2.56. The van der Waals surface area contributed by atoms with Crippen molar-refractivity contribution in [3.63, 3.8) is 0 Å². The summed E-state index contributed by atoms with van der Waals surface area (Å²) < 4.78 is 2.12. The molecule has 1 aliphatic carbocycles. The van der Waals surface area contributed by atoms with Gasteiger partial charge in [0.25, 0.3) is 0 Å². The monoisotopic (exact) mass is 231 g/mol. The van der Waals surface area contributed by atoms with E-state index in [1.54, 1.807) is 0 Å². The van der Waals surface area contributed by atoms with E-state index in [-0.39, 0.29) is 0 Å². The normalized spacial score (nSPS) is 16.2. The summed E-state index contributed by atoms with van der Waals surface area (Å²) in [5, 5.41) is 0. The number of fused-ring (bicyclic) bond motifs is 1. The molecule has 0 saturated heterocycles. The molecule has 3 nitrogen and oxygen atoms in total. The third kappa shape index (κ3) is 1.33. The molecule has 0 unspecified atom stereocenters. The third-order valence-corrected chi connectivity index (χ3v) is 3.47. The predicted octanol–water partition coefficient (Wildman–Crippen LogP) is 2.24. The maximum absolute atomic E-state index is 5.71. The summed E-state index contributed by atoms with van der Waals surface area (Å²) in [6.45, 7) is 0. The first-order valence-corrected chi connectivity index (χ1v) is 5.95. The Morgan fingerprint density at radius 2 is 2.25 bits per heavy atom. The van der Waals surface area contributed by atoms with Crippen LogP contribution >= 0.6 is 12.2 Å². The molecular weight excluding hydrogens is 218 g/mol. The Kier molecular flexibility index (Phi) is 2.17. The van der Waals surface area contributed by atoms with Crippen LogP contribution in [-0.2, 0) is 0 Å². The molecule has 2 aromatic heterocycles. The fourth-order valence-electron chi connectivity index (χ4n) is 2.20. The van der Waals surface area contributed by atoms with Gasteiger partial charge in [-0.3, -0.25) is 0 Å². The molecule has 3 rings (SSSR count). The first kappa shape index (κ1) is 9.78. The maximum atomic E-state index is 5.71. The van der Waals surface area contributed by atoms with Gasteiger partial charge in [0.1, 0.15) is 16.5 Å². The number of pyridine rings is 1. The number of imidazole rings is 1. The molecule has 2 N–H and O–H groups in total. The van der Waals surface area contributed by atoms with E-state index >= 15 is 0 Å². The number of aromatic nitrogens is 2. The smallest absolute Gasteiger partial charge is 0.124 e. The van der Waals surface area contributed by atoms with Gasteiger partial charge in [0.15, 0.2) is 0 Å². The van der Waals surface area contributed by atoms with Crippen molar-refractivity contribution in [2.45, 2.75) is 25.2 Å². The molecule has 4 heteroatoms. The van der Waals surface area contributed by atoms with Gasteiger partial charge in [-0.1, -0.05) is 24.7 Å². The van der Waals surface area contributed by atoms with Crippen molar-refractivity contribution in [3.8, 4) is 0 Å². The van der Waals surface area contributed by atoms with Crippen LogP contribution < -0.4 is 5.73 Å². The van der Waals surface area contributed by atoms with Crippen molar-refractivity contribution in [1.82, 2.24) is 9.38 Å². The summed E-state index contributed by atoms with van der Waals surface area (Å²) in [6.07, 6.45) is 5.79. The molecule has 82 valence electrons. The molecule has 2 aromatic rings. The molecule has 1 fully saturated rings. The van der Waals surface area contributed by atoms with Gasteiger partial charge in [-0.2, -0.15) is 0 Å². The highest BCUT2D eigenvalue weighted by atomic mass is 32.1. The molecule has 0 spiro atoms. The number of rotatable bonds is 2. The fraction of sp³-hybridized carbons (Fsp3) is 0.333. The summed E-state index contributed by atoms with van der Waals surface area (Å²) >= 11 is 5.05. The van der Waals surface area contributed by atoms with Crippen LogP contribution in [0.15, 0.2) is 24.4 Å². The largest absolute Gasteiger partial charge is 0.388 e. The highest BCUT2D eigenvalue weighted by Crippen LogP contribution is 2.36. The lowest BCUT2D eigenvalue weighted by Gasteiger charge is -2.23. The van der Waals surface area contributed by atoms with Crippen LogP contribution in [-0.4, -0.2) is 14.4 Å². The van der Waals surface area contributed by atoms with Crippen molar-refractivity contribution in [1.29, 1.82) is 0 Å². The Morgan fingerprint density at radius 3 is 2.88 bits per heavy atom. The highest BCUT2D eigenvalue weighted by Gasteiger charge is 2.25. The zero-order chi connectivity index (χ0) is 11.1. The van der Waals surface area contributed by atoms with E-state index in [9.17, 15) is 0 Å². The van der Waals surface area contributed by atoms with Crippen molar-refractivity contribution in [2.75, 3.05) is 0 Å². The molecule has 1 saturated carbocycles. The minimum Gasteiger partial charge on any atom is -0.388 e. The Labute approximate surface area is 99.3 Å². The fourth-order valence-corrected chi connectivity index (χ4v) is 2.35. The van der Waals surface area contributed by atoms with E-state index in [1.807, 2.05) is 24.4 Å². The average molecular weight is 231 g/mol. The van der Waals surface area contributed by atoms with Gasteiger partial charge >= 0.3 is 0 Å². The number of hydrogen-bond acceptors (Lipinski definition) is 2. The van der Waals surface area contributed by atoms with Crippen LogP contribution in [0.4, 0.5) is 0 Å². The molecule has 0 bridgehead atoms. The predicted molar refractivity (Wildman–Crippen MR) is 67.7 cm³/mol. The lowest BCUT2D eigenvalue weighted by atomic mass is 9.85. The van der Waals surface area contributed by atoms with Crippen LogP contribution in [0.1, 0.15) is 36.7 Å². The van der Waals surface area contributed by atoms with Crippen LogP contribution in [0.5, 0.6) is 0 Å². The van der Waals surface area contributed by atoms with E-state index in [0.29, 0.717) is 10.9 Å². The quantitative estimate of drug-likeness (QED) is 0.806. The lowest BCUT2D eigenvalue weighted by molar-refractivity contribution is 0.400. The van der Waals surface area contributed by atoms with E-state index in [0.717, 1.165) is 17.0 Å². The number of nitrogens with two attached hydrogens (primary N) is 1. The lowest BCUT2D eigenvalue weighted by Crippen LogP contribution is -2.13. The standard InChI is InChI=1S/C12H13N3S/c13-11(16)10-9-6-1-2-7-15(9)12(14-10)8-4-3-5-8/h1-2,6-8H,3-5H2,(H2,13,16). The van der Waals surface area contributed by atoms with Gasteiger partial charge in [0, 0.05) is 12.1 Å². The van der Waals surface area contributed by atoms with E-state index in [2.05, 4.69) is 9.38 Å². The molecule has 0 aliphatic heterocycles. The Bertz CT molecular complexity index is 554. The second kappa shape index (κ2) is 3.56. The maximum Gasteiger partial charge on any atom is 0.124 e.